The van der Waals surface area contributed by atoms with E-state index in [4.69, 9.17) is 0 Å². The topological polar surface area (TPSA) is 83.1 Å². The molecular formula is C10H14N4O2S. The summed E-state index contributed by atoms with van der Waals surface area (Å²) in [6.45, 7) is 2.93. The van der Waals surface area contributed by atoms with Crippen molar-refractivity contribution >= 4 is 23.2 Å². The first-order valence-corrected chi connectivity index (χ1v) is 6.21. The van der Waals surface area contributed by atoms with Crippen LogP contribution in [0.15, 0.2) is 5.51 Å². The van der Waals surface area contributed by atoms with Crippen LogP contribution in [0.3, 0.4) is 0 Å². The third-order valence-electron chi connectivity index (χ3n) is 2.60. The minimum atomic E-state index is -0.346. The van der Waals surface area contributed by atoms with Crippen LogP contribution in [-0.2, 0) is 16.1 Å². The maximum absolute atomic E-state index is 11.8. The molecule has 1 aromatic heterocycles. The molecule has 0 spiro atoms. The van der Waals surface area contributed by atoms with Crippen molar-refractivity contribution in [3.05, 3.63) is 16.1 Å². The molecule has 1 atom stereocenters. The van der Waals surface area contributed by atoms with Crippen LogP contribution in [-0.4, -0.2) is 35.9 Å². The zero-order chi connectivity index (χ0) is 12.3. The summed E-state index contributed by atoms with van der Waals surface area (Å²) in [5.74, 6) is -0.176. The number of hydrogen-bond donors (Lipinski definition) is 3. The number of carbonyl (C=O) groups is 2. The van der Waals surface area contributed by atoms with E-state index in [1.807, 2.05) is 6.92 Å². The molecule has 0 saturated carbocycles. The molecule has 1 saturated heterocycles. The zero-order valence-electron chi connectivity index (χ0n) is 9.45. The molecule has 1 aliphatic heterocycles. The van der Waals surface area contributed by atoms with Crippen molar-refractivity contribution in [2.24, 2.45) is 0 Å². The van der Waals surface area contributed by atoms with Crippen LogP contribution in [0.4, 0.5) is 0 Å². The van der Waals surface area contributed by atoms with Crippen molar-refractivity contribution in [3.8, 4) is 0 Å². The largest absolute Gasteiger partial charge is 0.353 e. The number of thiazole rings is 1. The monoisotopic (exact) mass is 254 g/mol. The van der Waals surface area contributed by atoms with Gasteiger partial charge >= 0.3 is 0 Å². The Balaban J connectivity index is 1.81. The van der Waals surface area contributed by atoms with Crippen molar-refractivity contribution in [3.63, 3.8) is 0 Å². The maximum atomic E-state index is 11.8. The lowest BCUT2D eigenvalue weighted by Crippen LogP contribution is -2.57. The molecule has 0 aromatic carbocycles. The first-order chi connectivity index (χ1) is 8.16. The second-order valence-corrected chi connectivity index (χ2v) is 4.76. The minimum Gasteiger partial charge on any atom is -0.353 e. The number of aromatic nitrogens is 1. The lowest BCUT2D eigenvalue weighted by atomic mass is 10.2. The highest BCUT2D eigenvalue weighted by Crippen LogP contribution is 2.11. The van der Waals surface area contributed by atoms with Gasteiger partial charge in [0.15, 0.2) is 0 Å². The van der Waals surface area contributed by atoms with Crippen LogP contribution in [0, 0.1) is 6.92 Å². The van der Waals surface area contributed by atoms with Gasteiger partial charge in [0.05, 0.1) is 24.3 Å². The van der Waals surface area contributed by atoms with Crippen LogP contribution in [0.2, 0.25) is 0 Å². The Hall–Kier alpha value is -1.47. The molecule has 0 aliphatic carbocycles. The van der Waals surface area contributed by atoms with Gasteiger partial charge in [-0.25, -0.2) is 4.98 Å². The van der Waals surface area contributed by atoms with Gasteiger partial charge in [0.2, 0.25) is 11.8 Å². The van der Waals surface area contributed by atoms with Crippen molar-refractivity contribution in [1.29, 1.82) is 0 Å². The van der Waals surface area contributed by atoms with Gasteiger partial charge in [-0.3, -0.25) is 14.9 Å². The lowest BCUT2D eigenvalue weighted by molar-refractivity contribution is -0.126. The number of piperazine rings is 1. The van der Waals surface area contributed by atoms with E-state index in [-0.39, 0.29) is 24.4 Å². The SMILES string of the molecule is Cc1ncsc1CNC(=O)C1CNC(=O)CN1. The third-order valence-corrected chi connectivity index (χ3v) is 3.53. The number of amides is 2. The van der Waals surface area contributed by atoms with Gasteiger partial charge in [0, 0.05) is 11.4 Å². The molecule has 1 aliphatic rings. The fraction of sp³-hybridized carbons (Fsp3) is 0.500. The van der Waals surface area contributed by atoms with Crippen molar-refractivity contribution in [2.75, 3.05) is 13.1 Å². The normalized spacial score (nSPS) is 19.8. The van der Waals surface area contributed by atoms with Crippen molar-refractivity contribution in [2.45, 2.75) is 19.5 Å². The number of rotatable bonds is 3. The summed E-state index contributed by atoms with van der Waals surface area (Å²) in [6, 6.07) is -0.346. The highest BCUT2D eigenvalue weighted by atomic mass is 32.1. The first kappa shape index (κ1) is 12.0. The van der Waals surface area contributed by atoms with Crippen LogP contribution < -0.4 is 16.0 Å². The van der Waals surface area contributed by atoms with Gasteiger partial charge in [-0.15, -0.1) is 11.3 Å². The summed E-state index contributed by atoms with van der Waals surface area (Å²) in [6.07, 6.45) is 0. The lowest BCUT2D eigenvalue weighted by Gasteiger charge is -2.23. The molecule has 2 amide bonds. The molecule has 1 aromatic rings. The van der Waals surface area contributed by atoms with E-state index in [2.05, 4.69) is 20.9 Å². The number of nitrogens with zero attached hydrogens (tertiary/aromatic N) is 1. The summed E-state index contributed by atoms with van der Waals surface area (Å²) in [5, 5.41) is 8.35. The summed E-state index contributed by atoms with van der Waals surface area (Å²) in [5.41, 5.74) is 2.70. The predicted octanol–water partition coefficient (Wildman–Crippen LogP) is -0.844. The molecule has 0 bridgehead atoms. The molecule has 92 valence electrons. The second-order valence-electron chi connectivity index (χ2n) is 3.82. The average Bonchev–Trinajstić information content (AvgIpc) is 2.73. The molecule has 2 heterocycles. The predicted molar refractivity (Wildman–Crippen MR) is 63.5 cm³/mol. The molecule has 6 nitrogen and oxygen atoms in total. The first-order valence-electron chi connectivity index (χ1n) is 5.33. The van der Waals surface area contributed by atoms with Gasteiger partial charge in [-0.1, -0.05) is 0 Å². The van der Waals surface area contributed by atoms with Crippen molar-refractivity contribution in [1.82, 2.24) is 20.9 Å². The van der Waals surface area contributed by atoms with E-state index >= 15 is 0 Å². The number of aryl methyl sites for hydroxylation is 1. The molecule has 17 heavy (non-hydrogen) atoms. The Labute approximate surface area is 103 Å². The fourth-order valence-electron chi connectivity index (χ4n) is 1.54. The standard InChI is InChI=1S/C10H14N4O2S/c1-6-8(17-5-14-6)3-13-10(16)7-2-12-9(15)4-11-7/h5,7,11H,2-4H2,1H3,(H,12,15)(H,13,16). The number of hydrogen-bond acceptors (Lipinski definition) is 5. The Bertz CT molecular complexity index is 422. The molecule has 3 N–H and O–H groups in total. The third kappa shape index (κ3) is 3.01. The Morgan fingerprint density at radius 3 is 3.12 bits per heavy atom. The van der Waals surface area contributed by atoms with Gasteiger partial charge in [-0.2, -0.15) is 0 Å². The van der Waals surface area contributed by atoms with E-state index < -0.39 is 0 Å². The fourth-order valence-corrected chi connectivity index (χ4v) is 2.26. The van der Waals surface area contributed by atoms with Crippen LogP contribution >= 0.6 is 11.3 Å². The maximum Gasteiger partial charge on any atom is 0.239 e. The molecule has 1 unspecified atom stereocenters. The number of nitrogens with one attached hydrogen (secondary N) is 3. The summed E-state index contributed by atoms with van der Waals surface area (Å²) in [7, 11) is 0. The molecule has 7 heteroatoms. The van der Waals surface area contributed by atoms with Gasteiger partial charge in [0.25, 0.3) is 0 Å². The Morgan fingerprint density at radius 1 is 1.71 bits per heavy atom. The smallest absolute Gasteiger partial charge is 0.239 e. The van der Waals surface area contributed by atoms with Crippen LogP contribution in [0.5, 0.6) is 0 Å². The van der Waals surface area contributed by atoms with E-state index in [1.54, 1.807) is 5.51 Å². The van der Waals surface area contributed by atoms with E-state index in [9.17, 15) is 9.59 Å². The van der Waals surface area contributed by atoms with Gasteiger partial charge in [0.1, 0.15) is 6.04 Å². The van der Waals surface area contributed by atoms with E-state index in [0.29, 0.717) is 13.1 Å². The molecule has 1 fully saturated rings. The van der Waals surface area contributed by atoms with Crippen molar-refractivity contribution < 1.29 is 9.59 Å². The molecular weight excluding hydrogens is 240 g/mol. The van der Waals surface area contributed by atoms with Crippen LogP contribution in [0.25, 0.3) is 0 Å². The highest BCUT2D eigenvalue weighted by molar-refractivity contribution is 7.09. The summed E-state index contributed by atoms with van der Waals surface area (Å²) >= 11 is 1.52. The van der Waals surface area contributed by atoms with Gasteiger partial charge in [-0.05, 0) is 6.92 Å². The minimum absolute atomic E-state index is 0.0765. The Kier molecular flexibility index (Phi) is 3.70. The summed E-state index contributed by atoms with van der Waals surface area (Å²) in [4.78, 5) is 27.8. The highest BCUT2D eigenvalue weighted by Gasteiger charge is 2.23. The van der Waals surface area contributed by atoms with Crippen LogP contribution in [0.1, 0.15) is 10.6 Å². The van der Waals surface area contributed by atoms with E-state index in [1.165, 1.54) is 11.3 Å². The Morgan fingerprint density at radius 2 is 2.53 bits per heavy atom. The zero-order valence-corrected chi connectivity index (χ0v) is 10.3. The second kappa shape index (κ2) is 5.24. The summed E-state index contributed by atoms with van der Waals surface area (Å²) < 4.78 is 0. The molecule has 2 rings (SSSR count). The molecule has 0 radical (unpaired) electrons. The van der Waals surface area contributed by atoms with E-state index in [0.717, 1.165) is 10.6 Å². The van der Waals surface area contributed by atoms with Gasteiger partial charge < -0.3 is 10.6 Å². The average molecular weight is 254 g/mol. The quantitative estimate of drug-likeness (QED) is 0.656. The number of carbonyl (C=O) groups excluding carboxylic acids is 2.